The number of carbonyl (C=O) groups is 2. The van der Waals surface area contributed by atoms with E-state index in [1.54, 1.807) is 23.1 Å². The highest BCUT2D eigenvalue weighted by Gasteiger charge is 2.36. The number of nitrogens with one attached hydrogen (secondary N) is 2. The van der Waals surface area contributed by atoms with Crippen molar-refractivity contribution in [2.75, 3.05) is 18.7 Å². The number of urea groups is 1. The third-order valence-electron chi connectivity index (χ3n) is 3.90. The minimum Gasteiger partial charge on any atom is -0.454 e. The van der Waals surface area contributed by atoms with Gasteiger partial charge in [-0.25, -0.2) is 4.79 Å². The number of fused-ring (bicyclic) bond motifs is 1. The van der Waals surface area contributed by atoms with Gasteiger partial charge in [0, 0.05) is 30.3 Å². The van der Waals surface area contributed by atoms with Crippen LogP contribution in [-0.4, -0.2) is 41.8 Å². The predicted octanol–water partition coefficient (Wildman–Crippen LogP) is 1.94. The Morgan fingerprint density at radius 3 is 2.70 bits per heavy atom. The molecule has 0 spiro atoms. The molecule has 3 amide bonds. The van der Waals surface area contributed by atoms with E-state index in [0.29, 0.717) is 30.2 Å². The average molecular weight is 319 g/mol. The molecule has 1 saturated heterocycles. The Morgan fingerprint density at radius 2 is 2.00 bits per heavy atom. The van der Waals surface area contributed by atoms with Gasteiger partial charge in [0.1, 0.15) is 0 Å². The van der Waals surface area contributed by atoms with Crippen molar-refractivity contribution in [1.29, 1.82) is 0 Å². The maximum atomic E-state index is 12.1. The van der Waals surface area contributed by atoms with Crippen molar-refractivity contribution in [1.82, 2.24) is 10.2 Å². The fourth-order valence-electron chi connectivity index (χ4n) is 2.78. The Hall–Kier alpha value is -2.44. The number of amides is 3. The largest absolute Gasteiger partial charge is 0.454 e. The van der Waals surface area contributed by atoms with E-state index in [1.165, 1.54) is 0 Å². The maximum Gasteiger partial charge on any atom is 0.319 e. The van der Waals surface area contributed by atoms with Gasteiger partial charge in [0.05, 0.1) is 6.04 Å². The summed E-state index contributed by atoms with van der Waals surface area (Å²) in [7, 11) is 0. The van der Waals surface area contributed by atoms with Gasteiger partial charge >= 0.3 is 6.03 Å². The molecule has 1 aromatic rings. The lowest BCUT2D eigenvalue weighted by molar-refractivity contribution is -0.131. The molecular formula is C16H21N3O4. The van der Waals surface area contributed by atoms with Crippen LogP contribution in [0.1, 0.15) is 27.2 Å². The van der Waals surface area contributed by atoms with Gasteiger partial charge in [0.25, 0.3) is 0 Å². The first-order valence-electron chi connectivity index (χ1n) is 7.60. The van der Waals surface area contributed by atoms with Gasteiger partial charge in [0.2, 0.25) is 12.7 Å². The van der Waals surface area contributed by atoms with Crippen molar-refractivity contribution in [3.63, 3.8) is 0 Å². The van der Waals surface area contributed by atoms with Crippen LogP contribution in [0.4, 0.5) is 10.5 Å². The zero-order valence-electron chi connectivity index (χ0n) is 13.5. The predicted molar refractivity (Wildman–Crippen MR) is 84.6 cm³/mol. The van der Waals surface area contributed by atoms with Crippen molar-refractivity contribution in [2.24, 2.45) is 0 Å². The summed E-state index contributed by atoms with van der Waals surface area (Å²) in [6.07, 6.45) is 0.325. The molecule has 7 nitrogen and oxygen atoms in total. The molecule has 124 valence electrons. The highest BCUT2D eigenvalue weighted by atomic mass is 16.7. The van der Waals surface area contributed by atoms with Crippen LogP contribution < -0.4 is 20.1 Å². The van der Waals surface area contributed by atoms with E-state index < -0.39 is 0 Å². The molecule has 3 rings (SSSR count). The van der Waals surface area contributed by atoms with E-state index in [2.05, 4.69) is 10.6 Å². The molecule has 7 heteroatoms. The molecule has 2 N–H and O–H groups in total. The van der Waals surface area contributed by atoms with Crippen LogP contribution in [-0.2, 0) is 4.79 Å². The van der Waals surface area contributed by atoms with Gasteiger partial charge in [0.15, 0.2) is 11.5 Å². The van der Waals surface area contributed by atoms with E-state index in [4.69, 9.17) is 9.47 Å². The molecule has 2 aliphatic heterocycles. The molecular weight excluding hydrogens is 298 g/mol. The van der Waals surface area contributed by atoms with Crippen LogP contribution in [0.15, 0.2) is 18.2 Å². The lowest BCUT2D eigenvalue weighted by Crippen LogP contribution is -2.45. The first-order valence-corrected chi connectivity index (χ1v) is 7.60. The minimum absolute atomic E-state index is 0.0610. The second-order valence-electron chi connectivity index (χ2n) is 6.74. The molecule has 23 heavy (non-hydrogen) atoms. The normalized spacial score (nSPS) is 19.9. The first-order chi connectivity index (χ1) is 10.8. The van der Waals surface area contributed by atoms with Crippen molar-refractivity contribution in [2.45, 2.75) is 38.8 Å². The lowest BCUT2D eigenvalue weighted by atomic mass is 10.1. The van der Waals surface area contributed by atoms with E-state index >= 15 is 0 Å². The van der Waals surface area contributed by atoms with Crippen molar-refractivity contribution >= 4 is 17.6 Å². The van der Waals surface area contributed by atoms with E-state index in [1.807, 2.05) is 20.8 Å². The standard InChI is InChI=1S/C16H21N3O4/c1-16(2,3)19-8-11(7-14(19)20)18-15(21)17-10-4-5-12-13(6-10)23-9-22-12/h4-6,11H,7-9H2,1-3H3,(H2,17,18,21). The number of likely N-dealkylation sites (tertiary alicyclic amines) is 1. The fourth-order valence-corrected chi connectivity index (χ4v) is 2.78. The van der Waals surface area contributed by atoms with E-state index in [0.717, 1.165) is 0 Å². The second-order valence-corrected chi connectivity index (χ2v) is 6.74. The molecule has 0 bridgehead atoms. The van der Waals surface area contributed by atoms with Gasteiger partial charge < -0.3 is 25.0 Å². The Labute approximate surface area is 134 Å². The SMILES string of the molecule is CC(C)(C)N1CC(NC(=O)Nc2ccc3c(c2)OCO3)CC1=O. The summed E-state index contributed by atoms with van der Waals surface area (Å²) in [4.78, 5) is 25.9. The zero-order chi connectivity index (χ0) is 16.6. The molecule has 1 fully saturated rings. The third-order valence-corrected chi connectivity index (χ3v) is 3.90. The van der Waals surface area contributed by atoms with Crippen molar-refractivity contribution in [3.8, 4) is 11.5 Å². The van der Waals surface area contributed by atoms with Crippen LogP contribution in [0.5, 0.6) is 11.5 Å². The molecule has 2 aliphatic rings. The number of nitrogens with zero attached hydrogens (tertiary/aromatic N) is 1. The topological polar surface area (TPSA) is 79.9 Å². The van der Waals surface area contributed by atoms with Crippen LogP contribution in [0.3, 0.4) is 0 Å². The molecule has 1 unspecified atom stereocenters. The summed E-state index contributed by atoms with van der Waals surface area (Å²) in [5.74, 6) is 1.33. The first kappa shape index (κ1) is 15.5. The molecule has 0 saturated carbocycles. The third kappa shape index (κ3) is 3.33. The van der Waals surface area contributed by atoms with Gasteiger partial charge in [-0.15, -0.1) is 0 Å². The quantitative estimate of drug-likeness (QED) is 0.873. The summed E-state index contributed by atoms with van der Waals surface area (Å²) in [6.45, 7) is 6.68. The van der Waals surface area contributed by atoms with Crippen LogP contribution in [0.25, 0.3) is 0 Å². The molecule has 2 heterocycles. The second kappa shape index (κ2) is 5.64. The fraction of sp³-hybridized carbons (Fsp3) is 0.500. The monoisotopic (exact) mass is 319 g/mol. The minimum atomic E-state index is -0.336. The molecule has 0 radical (unpaired) electrons. The Kier molecular flexibility index (Phi) is 3.79. The molecule has 0 aliphatic carbocycles. The van der Waals surface area contributed by atoms with Crippen molar-refractivity contribution < 1.29 is 19.1 Å². The van der Waals surface area contributed by atoms with E-state index in [-0.39, 0.29) is 30.3 Å². The summed E-state index contributed by atoms with van der Waals surface area (Å²) < 4.78 is 10.5. The van der Waals surface area contributed by atoms with Gasteiger partial charge in [-0.1, -0.05) is 0 Å². The van der Waals surface area contributed by atoms with Crippen molar-refractivity contribution in [3.05, 3.63) is 18.2 Å². The molecule has 1 aromatic carbocycles. The summed E-state index contributed by atoms with van der Waals surface area (Å²) in [6, 6.07) is 4.68. The Morgan fingerprint density at radius 1 is 1.26 bits per heavy atom. The van der Waals surface area contributed by atoms with Crippen LogP contribution in [0.2, 0.25) is 0 Å². The average Bonchev–Trinajstić information content (AvgIpc) is 3.03. The van der Waals surface area contributed by atoms with Gasteiger partial charge in [-0.2, -0.15) is 0 Å². The smallest absolute Gasteiger partial charge is 0.319 e. The van der Waals surface area contributed by atoms with Gasteiger partial charge in [-0.05, 0) is 32.9 Å². The zero-order valence-corrected chi connectivity index (χ0v) is 13.5. The number of carbonyl (C=O) groups excluding carboxylic acids is 2. The number of anilines is 1. The summed E-state index contributed by atoms with van der Waals surface area (Å²) in [5, 5.41) is 5.59. The number of hydrogen-bond donors (Lipinski definition) is 2. The number of benzene rings is 1. The Bertz CT molecular complexity index is 639. The highest BCUT2D eigenvalue weighted by molar-refractivity contribution is 5.91. The van der Waals surface area contributed by atoms with E-state index in [9.17, 15) is 9.59 Å². The lowest BCUT2D eigenvalue weighted by Gasteiger charge is -2.32. The summed E-state index contributed by atoms with van der Waals surface area (Å²) >= 11 is 0. The van der Waals surface area contributed by atoms with Crippen LogP contribution >= 0.6 is 0 Å². The Balaban J connectivity index is 1.57. The molecule has 1 atom stereocenters. The maximum absolute atomic E-state index is 12.1. The number of hydrogen-bond acceptors (Lipinski definition) is 4. The highest BCUT2D eigenvalue weighted by Crippen LogP contribution is 2.34. The van der Waals surface area contributed by atoms with Gasteiger partial charge in [-0.3, -0.25) is 4.79 Å². The summed E-state index contributed by atoms with van der Waals surface area (Å²) in [5.41, 5.74) is 0.380. The number of ether oxygens (including phenoxy) is 2. The number of rotatable bonds is 2. The molecule has 0 aromatic heterocycles. The van der Waals surface area contributed by atoms with Crippen LogP contribution in [0, 0.1) is 0 Å².